The molecule has 4 aliphatic rings. The zero-order chi connectivity index (χ0) is 32.6. The van der Waals surface area contributed by atoms with Crippen LogP contribution in [-0.2, 0) is 13.6 Å². The van der Waals surface area contributed by atoms with E-state index in [4.69, 9.17) is 13.6 Å². The van der Waals surface area contributed by atoms with Crippen molar-refractivity contribution < 1.29 is 18.7 Å². The highest BCUT2D eigenvalue weighted by Crippen LogP contribution is 2.66. The SMILES string of the molecule is C[C@H](OCC(C)(C)O)[C@H]1CC[C@H]2C3=CC=C4C[C@@H](O[Si](C)(C)C(C)(C)C)C[C@H](O[Si](C)(C)C(C)(C)C)[C@]4(C)[C@H]3CC[C@]12C. The van der Waals surface area contributed by atoms with E-state index in [-0.39, 0.29) is 39.2 Å². The third kappa shape index (κ3) is 6.63. The van der Waals surface area contributed by atoms with E-state index >= 15 is 0 Å². The minimum atomic E-state index is -2.02. The fourth-order valence-corrected chi connectivity index (χ4v) is 11.4. The molecule has 0 radical (unpaired) electrons. The lowest BCUT2D eigenvalue weighted by Crippen LogP contribution is -2.58. The molecule has 0 aromatic carbocycles. The first-order chi connectivity index (χ1) is 19.3. The smallest absolute Gasteiger partial charge is 0.192 e. The Morgan fingerprint density at radius 2 is 1.44 bits per heavy atom. The van der Waals surface area contributed by atoms with Gasteiger partial charge in [0.25, 0.3) is 0 Å². The number of ether oxygens (including phenoxy) is 1. The van der Waals surface area contributed by atoms with Gasteiger partial charge in [0.2, 0.25) is 0 Å². The summed E-state index contributed by atoms with van der Waals surface area (Å²) in [4.78, 5) is 0. The van der Waals surface area contributed by atoms with Gasteiger partial charge in [0.15, 0.2) is 16.6 Å². The molecule has 248 valence electrons. The van der Waals surface area contributed by atoms with E-state index in [0.29, 0.717) is 24.4 Å². The van der Waals surface area contributed by atoms with Crippen molar-refractivity contribution in [2.75, 3.05) is 6.61 Å². The fraction of sp³-hybridized carbons (Fsp3) is 0.892. The van der Waals surface area contributed by atoms with Gasteiger partial charge in [0.1, 0.15) is 0 Å². The average Bonchev–Trinajstić information content (AvgIpc) is 3.18. The van der Waals surface area contributed by atoms with E-state index in [2.05, 4.69) is 101 Å². The first-order valence-corrected chi connectivity index (χ1v) is 23.3. The van der Waals surface area contributed by atoms with Crippen molar-refractivity contribution in [3.63, 3.8) is 0 Å². The topological polar surface area (TPSA) is 47.9 Å². The molecule has 0 spiro atoms. The van der Waals surface area contributed by atoms with Crippen LogP contribution < -0.4 is 0 Å². The Labute approximate surface area is 268 Å². The van der Waals surface area contributed by atoms with Gasteiger partial charge in [-0.25, -0.2) is 0 Å². The first kappa shape index (κ1) is 35.6. The number of fused-ring (bicyclic) bond motifs is 5. The molecule has 0 saturated heterocycles. The summed E-state index contributed by atoms with van der Waals surface area (Å²) < 4.78 is 21.0. The molecule has 0 unspecified atom stereocenters. The summed E-state index contributed by atoms with van der Waals surface area (Å²) in [6.45, 7) is 35.3. The molecule has 0 amide bonds. The van der Waals surface area contributed by atoms with Gasteiger partial charge in [-0.1, -0.05) is 78.7 Å². The van der Waals surface area contributed by atoms with Crippen LogP contribution in [0.15, 0.2) is 23.3 Å². The quantitative estimate of drug-likeness (QED) is 0.271. The number of allylic oxidation sites excluding steroid dienone is 3. The molecule has 4 nitrogen and oxygen atoms in total. The van der Waals surface area contributed by atoms with Crippen LogP contribution in [-0.4, -0.2) is 52.3 Å². The zero-order valence-electron chi connectivity index (χ0n) is 30.7. The van der Waals surface area contributed by atoms with E-state index in [1.54, 1.807) is 11.1 Å². The Hall–Kier alpha value is -0.246. The Kier molecular flexibility index (Phi) is 9.50. The van der Waals surface area contributed by atoms with Crippen molar-refractivity contribution in [1.29, 1.82) is 0 Å². The molecule has 43 heavy (non-hydrogen) atoms. The van der Waals surface area contributed by atoms with Crippen LogP contribution in [0.1, 0.15) is 115 Å². The van der Waals surface area contributed by atoms with Gasteiger partial charge in [-0.15, -0.1) is 0 Å². The second kappa shape index (κ2) is 11.5. The van der Waals surface area contributed by atoms with Gasteiger partial charge in [-0.2, -0.15) is 0 Å². The van der Waals surface area contributed by atoms with Crippen molar-refractivity contribution in [2.24, 2.45) is 28.6 Å². The highest BCUT2D eigenvalue weighted by atomic mass is 28.4. The maximum absolute atomic E-state index is 10.3. The molecule has 8 atom stereocenters. The van der Waals surface area contributed by atoms with Crippen LogP contribution in [0.4, 0.5) is 0 Å². The van der Waals surface area contributed by atoms with Gasteiger partial charge in [-0.05, 0) is 119 Å². The average molecular weight is 633 g/mol. The molecule has 1 N–H and O–H groups in total. The van der Waals surface area contributed by atoms with Crippen molar-refractivity contribution >= 4 is 16.6 Å². The summed E-state index contributed by atoms with van der Waals surface area (Å²) in [7, 11) is -3.93. The molecule has 4 rings (SSSR count). The van der Waals surface area contributed by atoms with E-state index in [9.17, 15) is 5.11 Å². The first-order valence-electron chi connectivity index (χ1n) is 17.4. The molecule has 0 aromatic rings. The lowest BCUT2D eigenvalue weighted by Gasteiger charge is -2.59. The monoisotopic (exact) mass is 632 g/mol. The van der Waals surface area contributed by atoms with Gasteiger partial charge in [-0.3, -0.25) is 0 Å². The summed E-state index contributed by atoms with van der Waals surface area (Å²) in [5.41, 5.74) is 2.71. The van der Waals surface area contributed by atoms with E-state index < -0.39 is 22.2 Å². The minimum absolute atomic E-state index is 0.00927. The molecule has 0 bridgehead atoms. The van der Waals surface area contributed by atoms with Gasteiger partial charge < -0.3 is 18.7 Å². The van der Waals surface area contributed by atoms with E-state index in [0.717, 1.165) is 12.8 Å². The minimum Gasteiger partial charge on any atom is -0.414 e. The molecular formula is C37H68O4Si2. The van der Waals surface area contributed by atoms with Gasteiger partial charge in [0, 0.05) is 5.41 Å². The Balaban J connectivity index is 1.68. The normalized spacial score (nSPS) is 36.3. The van der Waals surface area contributed by atoms with Crippen molar-refractivity contribution in [3.05, 3.63) is 23.3 Å². The molecule has 0 aromatic heterocycles. The van der Waals surface area contributed by atoms with Crippen molar-refractivity contribution in [1.82, 2.24) is 0 Å². The molecule has 3 fully saturated rings. The third-order valence-corrected chi connectivity index (χ3v) is 22.5. The molecule has 4 aliphatic carbocycles. The Bertz CT molecular complexity index is 1090. The standard InChI is InChI=1S/C37H68O4Si2/c1-25(39-24-35(8,9)38)29-18-19-30-28-17-16-26-22-27(40-42(12,13)33(2,3)4)23-32(41-43(14,15)34(5,6)7)37(26,11)31(28)20-21-36(29,30)10/h16-17,25,27,29-32,38H,18-24H2,1-15H3/t25-,27+,29+,30-,31-,32-,36+,37-/m0/s1. The second-order valence-electron chi connectivity index (χ2n) is 19.1. The summed E-state index contributed by atoms with van der Waals surface area (Å²) in [6.07, 6.45) is 12.6. The van der Waals surface area contributed by atoms with Crippen LogP contribution in [0.25, 0.3) is 0 Å². The van der Waals surface area contributed by atoms with Gasteiger partial charge in [0.05, 0.1) is 30.5 Å². The van der Waals surface area contributed by atoms with Crippen LogP contribution in [0.5, 0.6) is 0 Å². The second-order valence-corrected chi connectivity index (χ2v) is 28.6. The lowest BCUT2D eigenvalue weighted by molar-refractivity contribution is -0.0898. The summed E-state index contributed by atoms with van der Waals surface area (Å²) in [5, 5.41) is 10.7. The van der Waals surface area contributed by atoms with Crippen LogP contribution in [0, 0.1) is 28.6 Å². The van der Waals surface area contributed by atoms with Crippen molar-refractivity contribution in [2.45, 2.75) is 175 Å². The summed E-state index contributed by atoms with van der Waals surface area (Å²) >= 11 is 0. The number of hydrogen-bond acceptors (Lipinski definition) is 4. The Morgan fingerprint density at radius 3 is 2.00 bits per heavy atom. The maximum Gasteiger partial charge on any atom is 0.192 e. The molecule has 6 heteroatoms. The fourth-order valence-electron chi connectivity index (χ4n) is 8.65. The lowest BCUT2D eigenvalue weighted by atomic mass is 9.49. The molecule has 0 heterocycles. The predicted octanol–water partition coefficient (Wildman–Crippen LogP) is 10.1. The highest BCUT2D eigenvalue weighted by molar-refractivity contribution is 6.74. The number of rotatable bonds is 8. The third-order valence-electron chi connectivity index (χ3n) is 13.4. The largest absolute Gasteiger partial charge is 0.414 e. The number of aliphatic hydroxyl groups is 1. The maximum atomic E-state index is 10.3. The van der Waals surface area contributed by atoms with Crippen LogP contribution >= 0.6 is 0 Å². The molecular weight excluding hydrogens is 565 g/mol. The van der Waals surface area contributed by atoms with Crippen LogP contribution in [0.3, 0.4) is 0 Å². The number of hydrogen-bond donors (Lipinski definition) is 1. The molecule has 3 saturated carbocycles. The zero-order valence-corrected chi connectivity index (χ0v) is 32.7. The van der Waals surface area contributed by atoms with Gasteiger partial charge >= 0.3 is 0 Å². The highest BCUT2D eigenvalue weighted by Gasteiger charge is 2.61. The van der Waals surface area contributed by atoms with E-state index in [1.165, 1.54) is 25.7 Å². The summed E-state index contributed by atoms with van der Waals surface area (Å²) in [5.74, 6) is 1.64. The van der Waals surface area contributed by atoms with Crippen LogP contribution in [0.2, 0.25) is 36.3 Å². The van der Waals surface area contributed by atoms with Crippen molar-refractivity contribution in [3.8, 4) is 0 Å². The van der Waals surface area contributed by atoms with E-state index in [1.807, 2.05) is 13.8 Å². The summed E-state index contributed by atoms with van der Waals surface area (Å²) in [6, 6.07) is 0. The Morgan fingerprint density at radius 1 is 0.860 bits per heavy atom. The molecule has 0 aliphatic heterocycles. The predicted molar refractivity (Wildman–Crippen MR) is 186 cm³/mol.